The van der Waals surface area contributed by atoms with E-state index in [1.54, 1.807) is 27.4 Å². The fraction of sp³-hybridized carbons (Fsp3) is 0.350. The van der Waals surface area contributed by atoms with Gasteiger partial charge in [0.2, 0.25) is 0 Å². The summed E-state index contributed by atoms with van der Waals surface area (Å²) in [5.41, 5.74) is 7.29. The first-order valence-corrected chi connectivity index (χ1v) is 8.68. The lowest BCUT2D eigenvalue weighted by molar-refractivity contribution is -0.670. The second-order valence-corrected chi connectivity index (χ2v) is 5.92. The van der Waals surface area contributed by atoms with E-state index in [9.17, 15) is 4.79 Å². The summed E-state index contributed by atoms with van der Waals surface area (Å²) in [6.45, 7) is 1.39. The van der Waals surface area contributed by atoms with E-state index in [0.29, 0.717) is 18.0 Å². The van der Waals surface area contributed by atoms with Gasteiger partial charge in [0.05, 0.1) is 33.4 Å². The van der Waals surface area contributed by atoms with Crippen LogP contribution >= 0.6 is 0 Å². The summed E-state index contributed by atoms with van der Waals surface area (Å²) in [5.74, 6) is 2.07. The number of para-hydroxylation sites is 1. The fourth-order valence-electron chi connectivity index (χ4n) is 2.75. The molecule has 2 aromatic carbocycles. The van der Waals surface area contributed by atoms with Crippen LogP contribution in [0.4, 0.5) is 0 Å². The average molecular weight is 375 g/mol. The van der Waals surface area contributed by atoms with Crippen molar-refractivity contribution in [1.82, 2.24) is 0 Å². The van der Waals surface area contributed by atoms with Gasteiger partial charge in [0.1, 0.15) is 6.54 Å². The maximum Gasteiger partial charge on any atom is 0.255 e. The highest BCUT2D eigenvalue weighted by atomic mass is 16.5. The van der Waals surface area contributed by atoms with Gasteiger partial charge in [-0.1, -0.05) is 12.1 Å². The molecule has 7 heteroatoms. The molecule has 4 N–H and O–H groups in total. The third-order valence-corrected chi connectivity index (χ3v) is 4.09. The summed E-state index contributed by atoms with van der Waals surface area (Å²) < 4.78 is 21.5. The number of hydrogen-bond donors (Lipinski definition) is 2. The molecule has 2 rings (SSSR count). The lowest BCUT2D eigenvalue weighted by atomic mass is 10.1. The number of carbonyl (C=O) groups is 1. The predicted molar refractivity (Wildman–Crippen MR) is 101 cm³/mol. The summed E-state index contributed by atoms with van der Waals surface area (Å²) in [7, 11) is 4.82. The number of carbonyl (C=O) groups excluding carboxylic acids is 1. The van der Waals surface area contributed by atoms with Gasteiger partial charge in [-0.25, -0.2) is 0 Å². The molecular weight excluding hydrogens is 348 g/mol. The zero-order chi connectivity index (χ0) is 19.6. The molecule has 0 saturated carbocycles. The standard InChI is InChI=1S/C20H26N2O5/c1-24-16-8-7-14(11-18(16)26-3)9-10-22-12-15-5-4-6-17(25-2)20(15)27-13-19(21)23/h4-8,11,22H,9-10,12-13H2,1-3H3,(H2,21,23)/p+1. The van der Waals surface area contributed by atoms with E-state index in [4.69, 9.17) is 24.7 Å². The molecule has 0 aliphatic heterocycles. The Morgan fingerprint density at radius 3 is 2.41 bits per heavy atom. The molecule has 0 fully saturated rings. The second kappa shape index (κ2) is 10.3. The topological polar surface area (TPSA) is 96.6 Å². The molecule has 1 amide bonds. The lowest BCUT2D eigenvalue weighted by Crippen LogP contribution is -2.83. The zero-order valence-corrected chi connectivity index (χ0v) is 16.0. The number of primary amides is 1. The van der Waals surface area contributed by atoms with Crippen LogP contribution in [-0.2, 0) is 17.8 Å². The Balaban J connectivity index is 1.96. The molecule has 0 aliphatic carbocycles. The summed E-state index contributed by atoms with van der Waals surface area (Å²) in [6, 6.07) is 11.6. The Morgan fingerprint density at radius 2 is 1.74 bits per heavy atom. The minimum absolute atomic E-state index is 0.182. The molecule has 0 saturated heterocycles. The first-order chi connectivity index (χ1) is 13.1. The van der Waals surface area contributed by atoms with Crippen LogP contribution in [0.5, 0.6) is 23.0 Å². The predicted octanol–water partition coefficient (Wildman–Crippen LogP) is 0.883. The molecule has 0 aliphatic rings. The number of methoxy groups -OCH3 is 3. The monoisotopic (exact) mass is 375 g/mol. The lowest BCUT2D eigenvalue weighted by Gasteiger charge is -2.13. The molecule has 0 radical (unpaired) electrons. The van der Waals surface area contributed by atoms with Crippen LogP contribution in [0.25, 0.3) is 0 Å². The van der Waals surface area contributed by atoms with Crippen molar-refractivity contribution in [3.05, 3.63) is 47.5 Å². The van der Waals surface area contributed by atoms with Gasteiger partial charge in [-0.2, -0.15) is 0 Å². The number of hydrogen-bond acceptors (Lipinski definition) is 5. The van der Waals surface area contributed by atoms with Crippen molar-refractivity contribution in [2.75, 3.05) is 34.5 Å². The van der Waals surface area contributed by atoms with E-state index in [1.807, 2.05) is 30.3 Å². The minimum atomic E-state index is -0.524. The molecule has 2 aromatic rings. The number of ether oxygens (including phenoxy) is 4. The van der Waals surface area contributed by atoms with Crippen LogP contribution in [0.3, 0.4) is 0 Å². The van der Waals surface area contributed by atoms with E-state index in [1.165, 1.54) is 5.56 Å². The van der Waals surface area contributed by atoms with E-state index < -0.39 is 5.91 Å². The van der Waals surface area contributed by atoms with Crippen molar-refractivity contribution in [1.29, 1.82) is 0 Å². The molecule has 7 nitrogen and oxygen atoms in total. The Kier molecular flexibility index (Phi) is 7.76. The van der Waals surface area contributed by atoms with Crippen LogP contribution in [0.15, 0.2) is 36.4 Å². The van der Waals surface area contributed by atoms with Gasteiger partial charge in [-0.15, -0.1) is 0 Å². The fourth-order valence-corrected chi connectivity index (χ4v) is 2.75. The number of nitrogens with two attached hydrogens (primary N) is 2. The number of benzene rings is 2. The molecular formula is C20H27N2O5+. The minimum Gasteiger partial charge on any atom is -0.493 e. The van der Waals surface area contributed by atoms with Crippen molar-refractivity contribution >= 4 is 5.91 Å². The van der Waals surface area contributed by atoms with Crippen molar-refractivity contribution < 1.29 is 29.1 Å². The Morgan fingerprint density at radius 1 is 1.00 bits per heavy atom. The highest BCUT2D eigenvalue weighted by Gasteiger charge is 2.13. The summed E-state index contributed by atoms with van der Waals surface area (Å²) in [5, 5.41) is 2.17. The Labute approximate surface area is 159 Å². The van der Waals surface area contributed by atoms with Gasteiger partial charge in [0, 0.05) is 6.42 Å². The highest BCUT2D eigenvalue weighted by Crippen LogP contribution is 2.30. The van der Waals surface area contributed by atoms with Crippen molar-refractivity contribution in [3.63, 3.8) is 0 Å². The molecule has 146 valence electrons. The molecule has 27 heavy (non-hydrogen) atoms. The van der Waals surface area contributed by atoms with Crippen LogP contribution < -0.4 is 30.0 Å². The van der Waals surface area contributed by atoms with Crippen molar-refractivity contribution in [2.45, 2.75) is 13.0 Å². The van der Waals surface area contributed by atoms with Crippen molar-refractivity contribution in [3.8, 4) is 23.0 Å². The third-order valence-electron chi connectivity index (χ3n) is 4.09. The smallest absolute Gasteiger partial charge is 0.255 e. The van der Waals surface area contributed by atoms with E-state index in [0.717, 1.165) is 30.0 Å². The van der Waals surface area contributed by atoms with Gasteiger partial charge in [0.25, 0.3) is 5.91 Å². The van der Waals surface area contributed by atoms with Crippen LogP contribution in [-0.4, -0.2) is 40.4 Å². The molecule has 0 spiro atoms. The van der Waals surface area contributed by atoms with Gasteiger partial charge in [-0.05, 0) is 29.8 Å². The van der Waals surface area contributed by atoms with Crippen LogP contribution in [0.2, 0.25) is 0 Å². The highest BCUT2D eigenvalue weighted by molar-refractivity contribution is 5.75. The second-order valence-electron chi connectivity index (χ2n) is 5.92. The molecule has 0 unspecified atom stereocenters. The third kappa shape index (κ3) is 5.79. The van der Waals surface area contributed by atoms with Gasteiger partial charge in [-0.3, -0.25) is 4.79 Å². The number of amides is 1. The Hall–Kier alpha value is -2.93. The molecule has 0 atom stereocenters. The molecule has 0 aromatic heterocycles. The number of rotatable bonds is 11. The summed E-state index contributed by atoms with van der Waals surface area (Å²) >= 11 is 0. The first-order valence-electron chi connectivity index (χ1n) is 8.68. The zero-order valence-electron chi connectivity index (χ0n) is 16.0. The van der Waals surface area contributed by atoms with E-state index in [2.05, 4.69) is 5.32 Å². The van der Waals surface area contributed by atoms with Crippen LogP contribution in [0.1, 0.15) is 11.1 Å². The molecule has 0 heterocycles. The van der Waals surface area contributed by atoms with E-state index >= 15 is 0 Å². The largest absolute Gasteiger partial charge is 0.493 e. The van der Waals surface area contributed by atoms with Crippen LogP contribution in [0, 0.1) is 0 Å². The SMILES string of the molecule is COc1ccc(CC[NH2+]Cc2cccc(OC)c2OCC(N)=O)cc1OC. The van der Waals surface area contributed by atoms with E-state index in [-0.39, 0.29) is 6.61 Å². The molecule has 0 bridgehead atoms. The maximum absolute atomic E-state index is 11.0. The average Bonchev–Trinajstić information content (AvgIpc) is 2.69. The normalized spacial score (nSPS) is 10.3. The first kappa shape index (κ1) is 20.4. The van der Waals surface area contributed by atoms with Gasteiger partial charge >= 0.3 is 0 Å². The van der Waals surface area contributed by atoms with Crippen molar-refractivity contribution in [2.24, 2.45) is 5.73 Å². The summed E-state index contributed by atoms with van der Waals surface area (Å²) in [4.78, 5) is 11.0. The maximum atomic E-state index is 11.0. The number of quaternary nitrogens is 1. The summed E-state index contributed by atoms with van der Waals surface area (Å²) in [6.07, 6.45) is 0.877. The quantitative estimate of drug-likeness (QED) is 0.569. The van der Waals surface area contributed by atoms with Gasteiger partial charge < -0.3 is 30.0 Å². The van der Waals surface area contributed by atoms with Gasteiger partial charge in [0.15, 0.2) is 29.6 Å². The Bertz CT molecular complexity index is 764.